The molecule has 0 aromatic carbocycles. The van der Waals surface area contributed by atoms with Gasteiger partial charge in [0.15, 0.2) is 0 Å². The molecule has 0 atom stereocenters. The average molecular weight is 337 g/mol. The zero-order valence-corrected chi connectivity index (χ0v) is 14.2. The van der Waals surface area contributed by atoms with Gasteiger partial charge in [-0.2, -0.15) is 0 Å². The molecule has 0 spiro atoms. The minimum atomic E-state index is -0.508. The first-order chi connectivity index (χ1) is 11.2. The second kappa shape index (κ2) is 7.46. The molecule has 1 heterocycles. The molecule has 8 nitrogen and oxygen atoms in total. The lowest BCUT2D eigenvalue weighted by Crippen LogP contribution is -2.42. The molecule has 1 aromatic heterocycles. The van der Waals surface area contributed by atoms with Crippen molar-refractivity contribution in [3.63, 3.8) is 0 Å². The van der Waals surface area contributed by atoms with E-state index in [1.165, 1.54) is 18.3 Å². The Morgan fingerprint density at radius 3 is 2.46 bits per heavy atom. The van der Waals surface area contributed by atoms with Gasteiger partial charge in [-0.25, -0.2) is 9.78 Å². The van der Waals surface area contributed by atoms with Crippen molar-refractivity contribution in [1.29, 1.82) is 0 Å². The maximum atomic E-state index is 11.8. The summed E-state index contributed by atoms with van der Waals surface area (Å²) in [6.07, 6.45) is 3.91. The van der Waals surface area contributed by atoms with Crippen molar-refractivity contribution in [3.05, 3.63) is 28.4 Å². The van der Waals surface area contributed by atoms with Crippen molar-refractivity contribution in [2.75, 3.05) is 0 Å². The smallest absolute Gasteiger partial charge is 0.407 e. The van der Waals surface area contributed by atoms with Crippen LogP contribution in [0.2, 0.25) is 0 Å². The van der Waals surface area contributed by atoms with E-state index in [-0.39, 0.29) is 17.8 Å². The topological polar surface area (TPSA) is 104 Å². The average Bonchev–Trinajstić information content (AvgIpc) is 2.48. The minimum Gasteiger partial charge on any atom is -0.474 e. The molecule has 1 aliphatic carbocycles. The number of rotatable bonds is 4. The van der Waals surface area contributed by atoms with E-state index in [9.17, 15) is 14.9 Å². The number of nitrogens with one attached hydrogen (secondary N) is 1. The quantitative estimate of drug-likeness (QED) is 0.668. The predicted octanol–water partition coefficient (Wildman–Crippen LogP) is 3.20. The third kappa shape index (κ3) is 5.68. The molecule has 0 radical (unpaired) electrons. The van der Waals surface area contributed by atoms with Gasteiger partial charge in [0.2, 0.25) is 5.88 Å². The van der Waals surface area contributed by atoms with E-state index in [1.54, 1.807) is 0 Å². The van der Waals surface area contributed by atoms with Crippen molar-refractivity contribution < 1.29 is 19.2 Å². The summed E-state index contributed by atoms with van der Waals surface area (Å²) in [4.78, 5) is 25.8. The number of hydrogen-bond donors (Lipinski definition) is 1. The molecular weight excluding hydrogens is 314 g/mol. The Morgan fingerprint density at radius 1 is 1.29 bits per heavy atom. The Kier molecular flexibility index (Phi) is 5.58. The number of pyridine rings is 1. The van der Waals surface area contributed by atoms with Crippen LogP contribution in [0.3, 0.4) is 0 Å². The molecule has 0 unspecified atom stereocenters. The summed E-state index contributed by atoms with van der Waals surface area (Å²) in [7, 11) is 0. The number of carbonyl (C=O) groups excluding carboxylic acids is 1. The second-order valence-electron chi connectivity index (χ2n) is 6.85. The fourth-order valence-corrected chi connectivity index (χ4v) is 2.52. The van der Waals surface area contributed by atoms with E-state index in [2.05, 4.69) is 10.3 Å². The molecule has 132 valence electrons. The van der Waals surface area contributed by atoms with E-state index >= 15 is 0 Å². The fraction of sp³-hybridized carbons (Fsp3) is 0.625. The zero-order valence-electron chi connectivity index (χ0n) is 14.2. The van der Waals surface area contributed by atoms with Gasteiger partial charge in [0.05, 0.1) is 4.92 Å². The molecule has 1 fully saturated rings. The van der Waals surface area contributed by atoms with Crippen molar-refractivity contribution >= 4 is 11.8 Å². The first-order valence-corrected chi connectivity index (χ1v) is 7.99. The molecule has 1 aromatic rings. The van der Waals surface area contributed by atoms with Gasteiger partial charge in [0.1, 0.15) is 17.9 Å². The van der Waals surface area contributed by atoms with Crippen LogP contribution in [0.15, 0.2) is 18.3 Å². The summed E-state index contributed by atoms with van der Waals surface area (Å²) in [5.74, 6) is 0.379. The Bertz CT molecular complexity index is 574. The normalized spacial score (nSPS) is 21.0. The van der Waals surface area contributed by atoms with Gasteiger partial charge in [-0.3, -0.25) is 10.1 Å². The first kappa shape index (κ1) is 18.0. The van der Waals surface area contributed by atoms with E-state index < -0.39 is 16.6 Å². The van der Waals surface area contributed by atoms with Crippen LogP contribution in [0.4, 0.5) is 10.5 Å². The summed E-state index contributed by atoms with van der Waals surface area (Å²) < 4.78 is 11.0. The number of alkyl carbamates (subject to hydrolysis) is 1. The molecule has 1 saturated carbocycles. The van der Waals surface area contributed by atoms with Crippen LogP contribution in [0, 0.1) is 10.1 Å². The summed E-state index contributed by atoms with van der Waals surface area (Å²) in [6, 6.07) is 2.95. The van der Waals surface area contributed by atoms with Crippen LogP contribution < -0.4 is 10.1 Å². The SMILES string of the molecule is CC(C)(C)OC(=O)N[C@H]1CC[C@H](Oc2ccc([N+](=O)[O-])cn2)CC1. The van der Waals surface area contributed by atoms with Gasteiger partial charge in [-0.1, -0.05) is 0 Å². The predicted molar refractivity (Wildman–Crippen MR) is 86.9 cm³/mol. The molecule has 24 heavy (non-hydrogen) atoms. The largest absolute Gasteiger partial charge is 0.474 e. The third-order valence-corrected chi connectivity index (χ3v) is 3.61. The van der Waals surface area contributed by atoms with Crippen LogP contribution in [0.1, 0.15) is 46.5 Å². The van der Waals surface area contributed by atoms with E-state index in [4.69, 9.17) is 9.47 Å². The van der Waals surface area contributed by atoms with Gasteiger partial charge >= 0.3 is 6.09 Å². The van der Waals surface area contributed by atoms with Crippen molar-refractivity contribution in [3.8, 4) is 5.88 Å². The van der Waals surface area contributed by atoms with Gasteiger partial charge < -0.3 is 14.8 Å². The van der Waals surface area contributed by atoms with Crippen molar-refractivity contribution in [2.24, 2.45) is 0 Å². The lowest BCUT2D eigenvalue weighted by Gasteiger charge is -2.30. The van der Waals surface area contributed by atoms with Crippen LogP contribution in [0.25, 0.3) is 0 Å². The van der Waals surface area contributed by atoms with Crippen LogP contribution >= 0.6 is 0 Å². The highest BCUT2D eigenvalue weighted by Gasteiger charge is 2.26. The molecular formula is C16H23N3O5. The van der Waals surface area contributed by atoms with Crippen molar-refractivity contribution in [2.45, 2.75) is 64.2 Å². The Labute approximate surface area is 140 Å². The van der Waals surface area contributed by atoms with E-state index in [1.807, 2.05) is 20.8 Å². The highest BCUT2D eigenvalue weighted by molar-refractivity contribution is 5.68. The van der Waals surface area contributed by atoms with E-state index in [0.29, 0.717) is 5.88 Å². The monoisotopic (exact) mass is 337 g/mol. The Morgan fingerprint density at radius 2 is 1.96 bits per heavy atom. The summed E-state index contributed by atoms with van der Waals surface area (Å²) in [6.45, 7) is 5.48. The molecule has 0 bridgehead atoms. The van der Waals surface area contributed by atoms with Crippen LogP contribution in [0.5, 0.6) is 5.88 Å². The number of nitro groups is 1. The number of ether oxygens (including phenoxy) is 2. The summed E-state index contributed by atoms with van der Waals surface area (Å²) >= 11 is 0. The highest BCUT2D eigenvalue weighted by Crippen LogP contribution is 2.24. The first-order valence-electron chi connectivity index (χ1n) is 7.99. The number of carbonyl (C=O) groups is 1. The van der Waals surface area contributed by atoms with Crippen LogP contribution in [-0.4, -0.2) is 33.7 Å². The number of amides is 1. The standard InChI is InChI=1S/C16H23N3O5/c1-16(2,3)24-15(20)18-11-4-7-13(8-5-11)23-14-9-6-12(10-17-14)19(21)22/h6,9-11,13H,4-5,7-8H2,1-3H3,(H,18,20)/t11-,13-. The summed E-state index contributed by atoms with van der Waals surface area (Å²) in [5, 5.41) is 13.5. The number of hydrogen-bond acceptors (Lipinski definition) is 6. The minimum absolute atomic E-state index is 0.00403. The van der Waals surface area contributed by atoms with Crippen LogP contribution in [-0.2, 0) is 4.74 Å². The van der Waals surface area contributed by atoms with E-state index in [0.717, 1.165) is 25.7 Å². The molecule has 0 aliphatic heterocycles. The molecule has 2 rings (SSSR count). The maximum absolute atomic E-state index is 11.8. The molecule has 1 N–H and O–H groups in total. The second-order valence-corrected chi connectivity index (χ2v) is 6.85. The van der Waals surface area contributed by atoms with Gasteiger partial charge in [-0.05, 0) is 46.5 Å². The number of nitrogens with zero attached hydrogens (tertiary/aromatic N) is 2. The zero-order chi connectivity index (χ0) is 17.7. The molecule has 1 amide bonds. The lowest BCUT2D eigenvalue weighted by atomic mass is 9.93. The summed E-state index contributed by atoms with van der Waals surface area (Å²) in [5.41, 5.74) is -0.570. The van der Waals surface area contributed by atoms with Gasteiger partial charge in [0.25, 0.3) is 5.69 Å². The molecule has 1 aliphatic rings. The highest BCUT2D eigenvalue weighted by atomic mass is 16.6. The third-order valence-electron chi connectivity index (χ3n) is 3.61. The molecule has 0 saturated heterocycles. The Hall–Kier alpha value is -2.38. The van der Waals surface area contributed by atoms with Gasteiger partial charge in [-0.15, -0.1) is 0 Å². The molecule has 8 heteroatoms. The number of aromatic nitrogens is 1. The maximum Gasteiger partial charge on any atom is 0.407 e. The lowest BCUT2D eigenvalue weighted by molar-refractivity contribution is -0.385. The van der Waals surface area contributed by atoms with Crippen molar-refractivity contribution in [1.82, 2.24) is 10.3 Å². The Balaban J connectivity index is 1.76. The fourth-order valence-electron chi connectivity index (χ4n) is 2.52. The van der Waals surface area contributed by atoms with Gasteiger partial charge in [0, 0.05) is 18.2 Å².